The summed E-state index contributed by atoms with van der Waals surface area (Å²) in [5.41, 5.74) is 3.63. The highest BCUT2D eigenvalue weighted by atomic mass is 32.2. The molecule has 0 fully saturated rings. The summed E-state index contributed by atoms with van der Waals surface area (Å²) in [6.45, 7) is 6.17. The molecule has 39 heavy (non-hydrogen) atoms. The van der Waals surface area contributed by atoms with Gasteiger partial charge in [0.2, 0.25) is 10.0 Å². The van der Waals surface area contributed by atoms with E-state index in [9.17, 15) is 14.9 Å². The zero-order chi connectivity index (χ0) is 27.6. The highest BCUT2D eigenvalue weighted by Gasteiger charge is 2.53. The maximum absolute atomic E-state index is 12.9. The van der Waals surface area contributed by atoms with Gasteiger partial charge in [0.05, 0.1) is 22.9 Å². The van der Waals surface area contributed by atoms with Crippen LogP contribution in [-0.4, -0.2) is 33.2 Å². The zero-order valence-corrected chi connectivity index (χ0v) is 22.5. The van der Waals surface area contributed by atoms with Crippen LogP contribution >= 0.6 is 11.8 Å². The smallest absolute Gasteiger partial charge is 0.365 e. The summed E-state index contributed by atoms with van der Waals surface area (Å²) in [6.07, 6.45) is 3.73. The fourth-order valence-electron chi connectivity index (χ4n) is 4.38. The number of benzene rings is 3. The third kappa shape index (κ3) is 4.90. The van der Waals surface area contributed by atoms with Crippen LogP contribution < -0.4 is 10.0 Å². The third-order valence-electron chi connectivity index (χ3n) is 6.34. The van der Waals surface area contributed by atoms with E-state index in [-0.39, 0.29) is 23.0 Å². The topological polar surface area (TPSA) is 101 Å². The van der Waals surface area contributed by atoms with Gasteiger partial charge in [0, 0.05) is 11.6 Å². The largest absolute Gasteiger partial charge is 0.461 e. The van der Waals surface area contributed by atoms with Crippen molar-refractivity contribution in [1.29, 1.82) is 0 Å². The van der Waals surface area contributed by atoms with E-state index in [1.165, 1.54) is 16.6 Å². The van der Waals surface area contributed by atoms with Crippen molar-refractivity contribution in [1.82, 2.24) is 0 Å². The molecule has 2 aliphatic rings. The molecule has 3 aromatic carbocycles. The molecule has 0 bridgehead atoms. The van der Waals surface area contributed by atoms with Gasteiger partial charge in [-0.25, -0.2) is 14.8 Å². The van der Waals surface area contributed by atoms with E-state index in [2.05, 4.69) is 31.1 Å². The van der Waals surface area contributed by atoms with E-state index >= 15 is 0 Å². The number of rotatable bonds is 7. The minimum absolute atomic E-state index is 0.0699. The number of hydrazone groups is 2. The molecule has 0 saturated carbocycles. The van der Waals surface area contributed by atoms with Gasteiger partial charge in [0.15, 0.2) is 0 Å². The maximum Gasteiger partial charge on any atom is 0.365 e. The van der Waals surface area contributed by atoms with Gasteiger partial charge < -0.3 is 4.74 Å². The second-order valence-electron chi connectivity index (χ2n) is 9.19. The molecule has 2 aliphatic heterocycles. The van der Waals surface area contributed by atoms with Crippen molar-refractivity contribution in [2.45, 2.75) is 31.7 Å². The van der Waals surface area contributed by atoms with Crippen LogP contribution in [0.4, 0.5) is 17.1 Å². The number of nitro benzene ring substituents is 1. The van der Waals surface area contributed by atoms with Gasteiger partial charge in [0.1, 0.15) is 5.69 Å². The normalized spacial score (nSPS) is 18.4. The monoisotopic (exact) mass is 541 g/mol. The first-order valence-electron chi connectivity index (χ1n) is 12.6. The summed E-state index contributed by atoms with van der Waals surface area (Å²) in [4.78, 5) is 23.2. The minimum atomic E-state index is -1.25. The van der Waals surface area contributed by atoms with Crippen molar-refractivity contribution in [3.05, 3.63) is 112 Å². The Morgan fingerprint density at radius 1 is 1.00 bits per heavy atom. The highest BCUT2D eigenvalue weighted by molar-refractivity contribution is 8.17. The Hall–Kier alpha value is -4.44. The van der Waals surface area contributed by atoms with Crippen LogP contribution in [0, 0.1) is 10.1 Å². The Kier molecular flexibility index (Phi) is 7.21. The van der Waals surface area contributed by atoms with Crippen LogP contribution in [0.1, 0.15) is 37.8 Å². The predicted octanol–water partition coefficient (Wildman–Crippen LogP) is 6.28. The summed E-state index contributed by atoms with van der Waals surface area (Å²) in [7, 11) is 0. The van der Waals surface area contributed by atoms with E-state index in [0.717, 1.165) is 23.0 Å². The van der Waals surface area contributed by atoms with Crippen molar-refractivity contribution in [2.24, 2.45) is 10.2 Å². The molecular weight excluding hydrogens is 514 g/mol. The molecule has 1 atom stereocenters. The maximum atomic E-state index is 12.9. The molecule has 9 nitrogen and oxygen atoms in total. The van der Waals surface area contributed by atoms with Crippen LogP contribution in [0.25, 0.3) is 0 Å². The Balaban J connectivity index is 1.67. The minimum Gasteiger partial charge on any atom is -0.461 e. The van der Waals surface area contributed by atoms with E-state index in [0.29, 0.717) is 11.6 Å². The number of nitrogens with zero attached hydrogens (tertiary/aromatic N) is 5. The number of esters is 1. The Bertz CT molecular complexity index is 1490. The van der Waals surface area contributed by atoms with Gasteiger partial charge >= 0.3 is 5.97 Å². The van der Waals surface area contributed by atoms with Gasteiger partial charge in [-0.05, 0) is 60.5 Å². The van der Waals surface area contributed by atoms with Gasteiger partial charge in [-0.15, -0.1) is 0 Å². The Labute approximate surface area is 230 Å². The summed E-state index contributed by atoms with van der Waals surface area (Å²) in [5.74, 6) is -0.209. The van der Waals surface area contributed by atoms with Crippen molar-refractivity contribution < 1.29 is 14.5 Å². The quantitative estimate of drug-likeness (QED) is 0.197. The number of hydrogen-bond acceptors (Lipinski definition) is 9. The lowest BCUT2D eigenvalue weighted by molar-refractivity contribution is -0.384. The first-order valence-corrected chi connectivity index (χ1v) is 13.4. The standard InChI is InChI=1S/C29H27N5O4S/c1-4-38-28(35)27-31-33(25-12-8-9-13-26(25)34(36)37)29(39-27)19-18-24(22-16-14-21(15-17-22)20(2)3)30-32(29)23-10-6-5-7-11-23/h5-20H,4H2,1-3H3/t29-/m0/s1. The van der Waals surface area contributed by atoms with E-state index < -0.39 is 15.9 Å². The average Bonchev–Trinajstić information content (AvgIpc) is 3.33. The molecule has 198 valence electrons. The van der Waals surface area contributed by atoms with Gasteiger partial charge in [-0.3, -0.25) is 10.1 Å². The van der Waals surface area contributed by atoms with Gasteiger partial charge in [-0.1, -0.05) is 68.4 Å². The second-order valence-corrected chi connectivity index (χ2v) is 10.4. The van der Waals surface area contributed by atoms with Crippen molar-refractivity contribution >= 4 is 45.5 Å². The van der Waals surface area contributed by atoms with Gasteiger partial charge in [-0.2, -0.15) is 10.2 Å². The van der Waals surface area contributed by atoms with E-state index in [1.54, 1.807) is 30.1 Å². The van der Waals surface area contributed by atoms with E-state index in [4.69, 9.17) is 9.84 Å². The lowest BCUT2D eigenvalue weighted by atomic mass is 10.00. The number of anilines is 2. The Morgan fingerprint density at radius 3 is 2.36 bits per heavy atom. The molecule has 1 spiro atoms. The molecule has 2 heterocycles. The number of carbonyl (C=O) groups excluding carboxylic acids is 1. The zero-order valence-electron chi connectivity index (χ0n) is 21.7. The molecule has 0 unspecified atom stereocenters. The summed E-state index contributed by atoms with van der Waals surface area (Å²) in [5, 5.41) is 24.9. The lowest BCUT2D eigenvalue weighted by Crippen LogP contribution is -2.54. The van der Waals surface area contributed by atoms with Crippen LogP contribution in [0.15, 0.2) is 101 Å². The average molecular weight is 542 g/mol. The van der Waals surface area contributed by atoms with Crippen LogP contribution in [-0.2, 0) is 9.53 Å². The number of thioether (sulfide) groups is 1. The van der Waals surface area contributed by atoms with Gasteiger partial charge in [0.25, 0.3) is 5.69 Å². The first kappa shape index (κ1) is 26.2. The number of ether oxygens (including phenoxy) is 1. The number of para-hydroxylation sites is 3. The number of hydrogen-bond donors (Lipinski definition) is 0. The predicted molar refractivity (Wildman–Crippen MR) is 155 cm³/mol. The molecule has 0 aromatic heterocycles. The first-order chi connectivity index (χ1) is 18.8. The molecule has 0 aliphatic carbocycles. The van der Waals surface area contributed by atoms with Crippen molar-refractivity contribution in [3.63, 3.8) is 0 Å². The molecule has 5 rings (SSSR count). The van der Waals surface area contributed by atoms with E-state index in [1.807, 2.05) is 54.6 Å². The molecule has 10 heteroatoms. The third-order valence-corrected chi connectivity index (χ3v) is 7.57. The highest BCUT2D eigenvalue weighted by Crippen LogP contribution is 2.49. The second kappa shape index (κ2) is 10.7. The summed E-state index contributed by atoms with van der Waals surface area (Å²) in [6, 6.07) is 24.0. The molecule has 0 amide bonds. The summed E-state index contributed by atoms with van der Waals surface area (Å²) >= 11 is 1.12. The molecule has 0 saturated heterocycles. The summed E-state index contributed by atoms with van der Waals surface area (Å²) < 4.78 is 5.25. The van der Waals surface area contributed by atoms with Crippen molar-refractivity contribution in [3.8, 4) is 0 Å². The number of allylic oxidation sites excluding steroid dienone is 1. The van der Waals surface area contributed by atoms with Crippen LogP contribution in [0.3, 0.4) is 0 Å². The fourth-order valence-corrected chi connectivity index (χ4v) is 5.52. The number of nitro groups is 1. The van der Waals surface area contributed by atoms with Crippen LogP contribution in [0.2, 0.25) is 0 Å². The molecule has 3 aromatic rings. The molecular formula is C29H27N5O4S. The van der Waals surface area contributed by atoms with Crippen molar-refractivity contribution in [2.75, 3.05) is 16.6 Å². The SMILES string of the molecule is CCOC(=O)C1=NN(c2ccccc2[N+](=O)[O-])[C@@]2(C=CC(c3ccc(C(C)C)cc3)=NN2c2ccccc2)S1. The molecule has 0 N–H and O–H groups in total. The Morgan fingerprint density at radius 2 is 1.69 bits per heavy atom. The number of carbonyl (C=O) groups is 1. The fraction of sp³-hybridized carbons (Fsp3) is 0.207. The lowest BCUT2D eigenvalue weighted by Gasteiger charge is -2.43. The van der Waals surface area contributed by atoms with Crippen LogP contribution in [0.5, 0.6) is 0 Å². The molecule has 0 radical (unpaired) electrons.